The molecule has 0 saturated carbocycles. The number of carbonyl (C=O) groups is 1. The SMILES string of the molecule is COc1cc(CNc2cccc(NC(N)=O)c2)ccc1OC(C)C. The zero-order valence-electron chi connectivity index (χ0n) is 14.1. The number of nitrogens with one attached hydrogen (secondary N) is 2. The molecular formula is C18H23N3O3. The maximum atomic E-state index is 10.9. The summed E-state index contributed by atoms with van der Waals surface area (Å²) in [6.45, 7) is 4.56. The first-order valence-corrected chi connectivity index (χ1v) is 7.72. The lowest BCUT2D eigenvalue weighted by Gasteiger charge is -2.15. The molecule has 128 valence electrons. The van der Waals surface area contributed by atoms with Gasteiger partial charge < -0.3 is 25.8 Å². The molecule has 0 fully saturated rings. The largest absolute Gasteiger partial charge is 0.493 e. The first kappa shape index (κ1) is 17.5. The minimum Gasteiger partial charge on any atom is -0.493 e. The Morgan fingerprint density at radius 2 is 1.88 bits per heavy atom. The summed E-state index contributed by atoms with van der Waals surface area (Å²) in [7, 11) is 1.62. The minimum absolute atomic E-state index is 0.0865. The van der Waals surface area contributed by atoms with E-state index in [-0.39, 0.29) is 6.10 Å². The Morgan fingerprint density at radius 3 is 2.54 bits per heavy atom. The van der Waals surface area contributed by atoms with Crippen molar-refractivity contribution in [2.75, 3.05) is 17.7 Å². The highest BCUT2D eigenvalue weighted by atomic mass is 16.5. The van der Waals surface area contributed by atoms with Crippen molar-refractivity contribution in [2.24, 2.45) is 5.73 Å². The van der Waals surface area contributed by atoms with E-state index in [9.17, 15) is 4.79 Å². The van der Waals surface area contributed by atoms with Gasteiger partial charge >= 0.3 is 6.03 Å². The quantitative estimate of drug-likeness (QED) is 0.724. The molecule has 0 aliphatic heterocycles. The average Bonchev–Trinajstić information content (AvgIpc) is 2.53. The van der Waals surface area contributed by atoms with Crippen LogP contribution in [0.2, 0.25) is 0 Å². The number of anilines is 2. The van der Waals surface area contributed by atoms with Crippen molar-refractivity contribution < 1.29 is 14.3 Å². The van der Waals surface area contributed by atoms with E-state index < -0.39 is 6.03 Å². The molecule has 0 spiro atoms. The van der Waals surface area contributed by atoms with Gasteiger partial charge in [-0.1, -0.05) is 12.1 Å². The van der Waals surface area contributed by atoms with E-state index >= 15 is 0 Å². The molecule has 0 aliphatic carbocycles. The lowest BCUT2D eigenvalue weighted by molar-refractivity contribution is 0.230. The fourth-order valence-corrected chi connectivity index (χ4v) is 2.23. The van der Waals surface area contributed by atoms with Crippen molar-refractivity contribution in [2.45, 2.75) is 26.5 Å². The summed E-state index contributed by atoms with van der Waals surface area (Å²) in [5.41, 5.74) is 7.70. The van der Waals surface area contributed by atoms with Crippen LogP contribution < -0.4 is 25.8 Å². The molecule has 2 aromatic carbocycles. The van der Waals surface area contributed by atoms with Crippen molar-refractivity contribution >= 4 is 17.4 Å². The third-order valence-electron chi connectivity index (χ3n) is 3.22. The second-order valence-corrected chi connectivity index (χ2v) is 5.58. The van der Waals surface area contributed by atoms with E-state index in [0.717, 1.165) is 17.0 Å². The van der Waals surface area contributed by atoms with Crippen LogP contribution in [-0.4, -0.2) is 19.2 Å². The lowest BCUT2D eigenvalue weighted by atomic mass is 10.2. The molecule has 0 aromatic heterocycles. The van der Waals surface area contributed by atoms with Gasteiger partial charge in [0.05, 0.1) is 13.2 Å². The number of amides is 2. The maximum absolute atomic E-state index is 10.9. The van der Waals surface area contributed by atoms with Crippen molar-refractivity contribution in [3.05, 3.63) is 48.0 Å². The van der Waals surface area contributed by atoms with Gasteiger partial charge in [-0.2, -0.15) is 0 Å². The molecule has 0 radical (unpaired) electrons. The Hall–Kier alpha value is -2.89. The molecular weight excluding hydrogens is 306 g/mol. The number of benzene rings is 2. The molecule has 0 bridgehead atoms. The first-order valence-electron chi connectivity index (χ1n) is 7.72. The topological polar surface area (TPSA) is 85.6 Å². The highest BCUT2D eigenvalue weighted by Crippen LogP contribution is 2.29. The fraction of sp³-hybridized carbons (Fsp3) is 0.278. The molecule has 2 amide bonds. The molecule has 0 atom stereocenters. The summed E-state index contributed by atoms with van der Waals surface area (Å²) in [5, 5.41) is 5.85. The Morgan fingerprint density at radius 1 is 1.12 bits per heavy atom. The van der Waals surface area contributed by atoms with Crippen LogP contribution in [0.15, 0.2) is 42.5 Å². The number of ether oxygens (including phenoxy) is 2. The summed E-state index contributed by atoms with van der Waals surface area (Å²) < 4.78 is 11.1. The molecule has 4 N–H and O–H groups in total. The lowest BCUT2D eigenvalue weighted by Crippen LogP contribution is -2.19. The second kappa shape index (κ2) is 8.10. The molecule has 0 heterocycles. The fourth-order valence-electron chi connectivity index (χ4n) is 2.23. The van der Waals surface area contributed by atoms with Gasteiger partial charge in [-0.15, -0.1) is 0 Å². The van der Waals surface area contributed by atoms with Crippen LogP contribution >= 0.6 is 0 Å². The van der Waals surface area contributed by atoms with E-state index in [1.807, 2.05) is 50.2 Å². The Kier molecular flexibility index (Phi) is 5.89. The zero-order chi connectivity index (χ0) is 17.5. The Bertz CT molecular complexity index is 702. The number of hydrogen-bond acceptors (Lipinski definition) is 4. The molecule has 6 nitrogen and oxygen atoms in total. The number of carbonyl (C=O) groups excluding carboxylic acids is 1. The second-order valence-electron chi connectivity index (χ2n) is 5.58. The van der Waals surface area contributed by atoms with Gasteiger partial charge in [0.1, 0.15) is 0 Å². The first-order chi connectivity index (χ1) is 11.5. The van der Waals surface area contributed by atoms with Crippen molar-refractivity contribution in [1.82, 2.24) is 0 Å². The molecule has 2 aromatic rings. The van der Waals surface area contributed by atoms with Crippen LogP contribution in [0.4, 0.5) is 16.2 Å². The molecule has 0 aliphatic rings. The number of urea groups is 1. The Balaban J connectivity index is 2.05. The normalized spacial score (nSPS) is 10.3. The van der Waals surface area contributed by atoms with Crippen LogP contribution in [-0.2, 0) is 6.54 Å². The number of primary amides is 1. The van der Waals surface area contributed by atoms with Gasteiger partial charge in [0.15, 0.2) is 11.5 Å². The molecule has 6 heteroatoms. The number of rotatable bonds is 7. The number of methoxy groups -OCH3 is 1. The van der Waals surface area contributed by atoms with E-state index in [1.165, 1.54) is 0 Å². The standard InChI is InChI=1S/C18H23N3O3/c1-12(2)24-16-8-7-13(9-17(16)23-3)11-20-14-5-4-6-15(10-14)21-18(19)22/h4-10,12,20H,11H2,1-3H3,(H3,19,21,22). The molecule has 24 heavy (non-hydrogen) atoms. The predicted octanol–water partition coefficient (Wildman–Crippen LogP) is 3.59. The van der Waals surface area contributed by atoms with Gasteiger partial charge in [0, 0.05) is 17.9 Å². The minimum atomic E-state index is -0.586. The molecule has 0 unspecified atom stereocenters. The van der Waals surface area contributed by atoms with E-state index in [2.05, 4.69) is 10.6 Å². The summed E-state index contributed by atoms with van der Waals surface area (Å²) in [6.07, 6.45) is 0.0865. The smallest absolute Gasteiger partial charge is 0.316 e. The number of hydrogen-bond donors (Lipinski definition) is 3. The van der Waals surface area contributed by atoms with Crippen molar-refractivity contribution in [3.63, 3.8) is 0 Å². The predicted molar refractivity (Wildman–Crippen MR) is 95.7 cm³/mol. The van der Waals surface area contributed by atoms with Crippen LogP contribution in [0.25, 0.3) is 0 Å². The van der Waals surface area contributed by atoms with Gasteiger partial charge in [-0.3, -0.25) is 0 Å². The number of nitrogens with two attached hydrogens (primary N) is 1. The summed E-state index contributed by atoms with van der Waals surface area (Å²) in [4.78, 5) is 10.9. The van der Waals surface area contributed by atoms with Gasteiger partial charge in [0.25, 0.3) is 0 Å². The zero-order valence-corrected chi connectivity index (χ0v) is 14.1. The van der Waals surface area contributed by atoms with Gasteiger partial charge in [-0.05, 0) is 49.7 Å². The van der Waals surface area contributed by atoms with Crippen LogP contribution in [0.1, 0.15) is 19.4 Å². The highest BCUT2D eigenvalue weighted by molar-refractivity contribution is 5.88. The molecule has 0 saturated heterocycles. The van der Waals surface area contributed by atoms with E-state index in [4.69, 9.17) is 15.2 Å². The van der Waals surface area contributed by atoms with Crippen LogP contribution in [0.3, 0.4) is 0 Å². The monoisotopic (exact) mass is 329 g/mol. The van der Waals surface area contributed by atoms with E-state index in [1.54, 1.807) is 13.2 Å². The van der Waals surface area contributed by atoms with E-state index in [0.29, 0.717) is 18.0 Å². The summed E-state index contributed by atoms with van der Waals surface area (Å²) in [5.74, 6) is 1.43. The maximum Gasteiger partial charge on any atom is 0.316 e. The summed E-state index contributed by atoms with van der Waals surface area (Å²) >= 11 is 0. The van der Waals surface area contributed by atoms with Gasteiger partial charge in [0.2, 0.25) is 0 Å². The summed E-state index contributed by atoms with van der Waals surface area (Å²) in [6, 6.07) is 12.6. The third kappa shape index (κ3) is 5.08. The average molecular weight is 329 g/mol. The van der Waals surface area contributed by atoms with Crippen LogP contribution in [0, 0.1) is 0 Å². The van der Waals surface area contributed by atoms with Crippen molar-refractivity contribution in [3.8, 4) is 11.5 Å². The Labute approximate surface area is 142 Å². The van der Waals surface area contributed by atoms with Crippen LogP contribution in [0.5, 0.6) is 11.5 Å². The van der Waals surface area contributed by atoms with Crippen molar-refractivity contribution in [1.29, 1.82) is 0 Å². The van der Waals surface area contributed by atoms with Gasteiger partial charge in [-0.25, -0.2) is 4.79 Å². The third-order valence-corrected chi connectivity index (χ3v) is 3.22. The highest BCUT2D eigenvalue weighted by Gasteiger charge is 2.07. The molecule has 2 rings (SSSR count).